The van der Waals surface area contributed by atoms with E-state index in [4.69, 9.17) is 4.74 Å². The monoisotopic (exact) mass is 439 g/mol. The number of hydrogen-bond acceptors (Lipinski definition) is 4. The molecule has 2 amide bonds. The Kier molecular flexibility index (Phi) is 5.68. The van der Waals surface area contributed by atoms with Gasteiger partial charge in [-0.1, -0.05) is 31.2 Å². The standard InChI is InChI=1S/C26H37N3O3/c1-3-32-24(31)28-14-8-21(9-15-28)27-16-12-26(13-17-27)19-29(23(30)25(2)10-11-25)18-20-6-4-5-7-22(20)26/h4-7,21H,3,8-19H2,1-2H3. The molecule has 3 heterocycles. The normalized spacial score (nSPS) is 24.8. The number of benzene rings is 1. The van der Waals surface area contributed by atoms with Crippen molar-refractivity contribution in [1.82, 2.24) is 14.7 Å². The lowest BCUT2D eigenvalue weighted by Gasteiger charge is -2.51. The average Bonchev–Trinajstić information content (AvgIpc) is 3.58. The van der Waals surface area contributed by atoms with E-state index in [0.717, 1.165) is 77.8 Å². The van der Waals surface area contributed by atoms with Gasteiger partial charge in [0.2, 0.25) is 5.91 Å². The molecule has 1 aliphatic carbocycles. The second kappa shape index (κ2) is 8.36. The van der Waals surface area contributed by atoms with Gasteiger partial charge in [-0.2, -0.15) is 0 Å². The van der Waals surface area contributed by atoms with E-state index < -0.39 is 0 Å². The van der Waals surface area contributed by atoms with E-state index >= 15 is 0 Å². The van der Waals surface area contributed by atoms with E-state index in [1.165, 1.54) is 11.1 Å². The highest BCUT2D eigenvalue weighted by molar-refractivity contribution is 5.85. The molecule has 1 saturated carbocycles. The van der Waals surface area contributed by atoms with E-state index in [-0.39, 0.29) is 16.9 Å². The number of piperidine rings is 2. The van der Waals surface area contributed by atoms with Crippen LogP contribution >= 0.6 is 0 Å². The number of likely N-dealkylation sites (tertiary alicyclic amines) is 2. The van der Waals surface area contributed by atoms with Crippen molar-refractivity contribution in [3.63, 3.8) is 0 Å². The lowest BCUT2D eigenvalue weighted by Crippen LogP contribution is -2.56. The van der Waals surface area contributed by atoms with Crippen LogP contribution in [0.4, 0.5) is 4.79 Å². The van der Waals surface area contributed by atoms with Crippen molar-refractivity contribution in [2.75, 3.05) is 39.3 Å². The summed E-state index contributed by atoms with van der Waals surface area (Å²) in [6.07, 6.45) is 6.14. The summed E-state index contributed by atoms with van der Waals surface area (Å²) in [7, 11) is 0. The predicted octanol–water partition coefficient (Wildman–Crippen LogP) is 3.78. The predicted molar refractivity (Wildman–Crippen MR) is 123 cm³/mol. The number of hydrogen-bond donors (Lipinski definition) is 0. The Labute approximate surface area is 191 Å². The molecule has 3 aliphatic heterocycles. The molecular formula is C26H37N3O3. The molecule has 3 fully saturated rings. The highest BCUT2D eigenvalue weighted by Crippen LogP contribution is 2.49. The van der Waals surface area contributed by atoms with E-state index in [9.17, 15) is 9.59 Å². The summed E-state index contributed by atoms with van der Waals surface area (Å²) in [5.74, 6) is 0.361. The maximum Gasteiger partial charge on any atom is 0.409 e. The number of fused-ring (bicyclic) bond motifs is 2. The summed E-state index contributed by atoms with van der Waals surface area (Å²) in [5, 5.41) is 0. The third-order valence-corrected chi connectivity index (χ3v) is 8.51. The molecule has 1 aromatic rings. The van der Waals surface area contributed by atoms with Gasteiger partial charge >= 0.3 is 6.09 Å². The first-order chi connectivity index (χ1) is 15.4. The minimum Gasteiger partial charge on any atom is -0.450 e. The second-order valence-corrected chi connectivity index (χ2v) is 10.6. The fraction of sp³-hybridized carbons (Fsp3) is 0.692. The first kappa shape index (κ1) is 21.7. The number of nitrogens with zero attached hydrogens (tertiary/aromatic N) is 3. The minimum atomic E-state index is -0.170. The van der Waals surface area contributed by atoms with Crippen LogP contribution in [-0.2, 0) is 21.5 Å². The second-order valence-electron chi connectivity index (χ2n) is 10.6. The van der Waals surface area contributed by atoms with Crippen LogP contribution in [0.2, 0.25) is 0 Å². The number of carbonyl (C=O) groups is 2. The zero-order valence-corrected chi connectivity index (χ0v) is 19.6. The van der Waals surface area contributed by atoms with E-state index in [1.54, 1.807) is 0 Å². The maximum atomic E-state index is 13.2. The van der Waals surface area contributed by atoms with Gasteiger partial charge in [0.15, 0.2) is 0 Å². The molecule has 4 aliphatic rings. The summed E-state index contributed by atoms with van der Waals surface area (Å²) in [6, 6.07) is 9.36. The fourth-order valence-corrected chi connectivity index (χ4v) is 6.19. The Bertz CT molecular complexity index is 865. The Hall–Kier alpha value is -2.08. The van der Waals surface area contributed by atoms with Crippen molar-refractivity contribution in [2.45, 2.75) is 70.4 Å². The lowest BCUT2D eigenvalue weighted by atomic mass is 9.68. The third kappa shape index (κ3) is 3.91. The Morgan fingerprint density at radius 1 is 1.00 bits per heavy atom. The largest absolute Gasteiger partial charge is 0.450 e. The summed E-state index contributed by atoms with van der Waals surface area (Å²) in [5.41, 5.74) is 2.79. The van der Waals surface area contributed by atoms with Crippen molar-refractivity contribution >= 4 is 12.0 Å². The smallest absolute Gasteiger partial charge is 0.409 e. The minimum absolute atomic E-state index is 0.0812. The lowest BCUT2D eigenvalue weighted by molar-refractivity contribution is -0.139. The van der Waals surface area contributed by atoms with E-state index in [1.807, 2.05) is 11.8 Å². The van der Waals surface area contributed by atoms with Gasteiger partial charge in [0.25, 0.3) is 0 Å². The molecule has 1 aromatic carbocycles. The molecule has 0 unspecified atom stereocenters. The zero-order chi connectivity index (χ0) is 22.3. The highest BCUT2D eigenvalue weighted by atomic mass is 16.6. The number of carbonyl (C=O) groups excluding carboxylic acids is 2. The van der Waals surface area contributed by atoms with Crippen LogP contribution in [-0.4, -0.2) is 72.1 Å². The summed E-state index contributed by atoms with van der Waals surface area (Å²) in [4.78, 5) is 31.9. The first-order valence-corrected chi connectivity index (χ1v) is 12.5. The van der Waals surface area contributed by atoms with Crippen LogP contribution < -0.4 is 0 Å². The molecule has 1 spiro atoms. The van der Waals surface area contributed by atoms with Gasteiger partial charge in [-0.15, -0.1) is 0 Å². The van der Waals surface area contributed by atoms with Crippen LogP contribution in [0.15, 0.2) is 24.3 Å². The molecule has 6 nitrogen and oxygen atoms in total. The van der Waals surface area contributed by atoms with Gasteiger partial charge in [-0.25, -0.2) is 4.79 Å². The summed E-state index contributed by atoms with van der Waals surface area (Å²) < 4.78 is 5.17. The molecule has 174 valence electrons. The number of rotatable bonds is 3. The van der Waals surface area contributed by atoms with Crippen molar-refractivity contribution in [3.05, 3.63) is 35.4 Å². The molecule has 32 heavy (non-hydrogen) atoms. The summed E-state index contributed by atoms with van der Waals surface area (Å²) >= 11 is 0. The van der Waals surface area contributed by atoms with Crippen molar-refractivity contribution in [3.8, 4) is 0 Å². The molecule has 0 bridgehead atoms. The van der Waals surface area contributed by atoms with E-state index in [0.29, 0.717) is 18.6 Å². The van der Waals surface area contributed by atoms with Crippen molar-refractivity contribution in [1.29, 1.82) is 0 Å². The SMILES string of the molecule is CCOC(=O)N1CCC(N2CCC3(CC2)CN(C(=O)C2(C)CC2)Cc2ccccc23)CC1. The van der Waals surface area contributed by atoms with Gasteiger partial charge in [0.1, 0.15) is 0 Å². The zero-order valence-electron chi connectivity index (χ0n) is 19.6. The van der Waals surface area contributed by atoms with Crippen LogP contribution in [0.3, 0.4) is 0 Å². The van der Waals surface area contributed by atoms with Gasteiger partial charge < -0.3 is 19.4 Å². The molecular weight excluding hydrogens is 402 g/mol. The highest BCUT2D eigenvalue weighted by Gasteiger charge is 2.51. The molecule has 2 saturated heterocycles. The first-order valence-electron chi connectivity index (χ1n) is 12.5. The van der Waals surface area contributed by atoms with Gasteiger partial charge in [-0.3, -0.25) is 4.79 Å². The Morgan fingerprint density at radius 3 is 2.34 bits per heavy atom. The quantitative estimate of drug-likeness (QED) is 0.719. The van der Waals surface area contributed by atoms with E-state index in [2.05, 4.69) is 41.0 Å². The van der Waals surface area contributed by atoms with Gasteiger partial charge in [-0.05, 0) is 69.7 Å². The third-order valence-electron chi connectivity index (χ3n) is 8.51. The Balaban J connectivity index is 1.26. The van der Waals surface area contributed by atoms with Crippen LogP contribution in [0, 0.1) is 5.41 Å². The van der Waals surface area contributed by atoms with Crippen molar-refractivity contribution < 1.29 is 14.3 Å². The van der Waals surface area contributed by atoms with Crippen LogP contribution in [0.25, 0.3) is 0 Å². The number of amides is 2. The average molecular weight is 440 g/mol. The molecule has 5 rings (SSSR count). The molecule has 0 atom stereocenters. The topological polar surface area (TPSA) is 53.1 Å². The fourth-order valence-electron chi connectivity index (χ4n) is 6.19. The van der Waals surface area contributed by atoms with Gasteiger partial charge in [0, 0.05) is 43.1 Å². The summed E-state index contributed by atoms with van der Waals surface area (Å²) in [6.45, 7) is 9.77. The molecule has 6 heteroatoms. The molecule has 0 aromatic heterocycles. The van der Waals surface area contributed by atoms with Crippen LogP contribution in [0.5, 0.6) is 0 Å². The molecule has 0 radical (unpaired) electrons. The maximum absolute atomic E-state index is 13.2. The number of ether oxygens (including phenoxy) is 1. The molecule has 0 N–H and O–H groups in total. The van der Waals surface area contributed by atoms with Crippen molar-refractivity contribution in [2.24, 2.45) is 5.41 Å². The Morgan fingerprint density at radius 2 is 1.69 bits per heavy atom. The van der Waals surface area contributed by atoms with Gasteiger partial charge in [0.05, 0.1) is 6.61 Å². The van der Waals surface area contributed by atoms with Crippen LogP contribution in [0.1, 0.15) is 63.5 Å².